The van der Waals surface area contributed by atoms with Crippen LogP contribution in [0.1, 0.15) is 38.9 Å². The second-order valence-corrected chi connectivity index (χ2v) is 7.42. The van der Waals surface area contributed by atoms with Crippen LogP contribution in [0, 0.1) is 12.8 Å². The Bertz CT molecular complexity index is 675. The summed E-state index contributed by atoms with van der Waals surface area (Å²) in [7, 11) is 0. The van der Waals surface area contributed by atoms with Gasteiger partial charge in [0.25, 0.3) is 0 Å². The zero-order valence-electron chi connectivity index (χ0n) is 15.4. The summed E-state index contributed by atoms with van der Waals surface area (Å²) < 4.78 is 2.00. The highest BCUT2D eigenvalue weighted by Gasteiger charge is 2.41. The molecule has 2 bridgehead atoms. The lowest BCUT2D eigenvalue weighted by atomic mass is 9.94. The van der Waals surface area contributed by atoms with Crippen molar-refractivity contribution in [3.8, 4) is 0 Å². The first-order valence-electron chi connectivity index (χ1n) is 9.15. The standard InChI is InChI=1S/C19H28N4O2/c1-14(2)6-10-23-17-5-4-16(19(23)25)12-22(13-17)18(24)7-9-21-11-8-20-15(21)3/h6,8,11,16-17H,4-5,7,9-10,12-13H2,1-3H3/t16-,17+/m1/s1. The van der Waals surface area contributed by atoms with Crippen LogP contribution in [0.5, 0.6) is 0 Å². The normalized spacial score (nSPS) is 22.9. The Morgan fingerprint density at radius 2 is 2.12 bits per heavy atom. The van der Waals surface area contributed by atoms with Crippen LogP contribution in [-0.4, -0.2) is 56.8 Å². The predicted octanol–water partition coefficient (Wildman–Crippen LogP) is 2.00. The molecule has 2 atom stereocenters. The molecule has 0 aliphatic carbocycles. The molecule has 4 heterocycles. The smallest absolute Gasteiger partial charge is 0.228 e. The molecule has 3 aliphatic heterocycles. The first kappa shape index (κ1) is 17.7. The van der Waals surface area contributed by atoms with Gasteiger partial charge in [-0.25, -0.2) is 4.98 Å². The minimum absolute atomic E-state index is 0.0387. The van der Waals surface area contributed by atoms with Crippen LogP contribution >= 0.6 is 0 Å². The Morgan fingerprint density at radius 1 is 1.32 bits per heavy atom. The number of amides is 2. The van der Waals surface area contributed by atoms with E-state index >= 15 is 0 Å². The fourth-order valence-corrected chi connectivity index (χ4v) is 3.78. The van der Waals surface area contributed by atoms with Crippen molar-refractivity contribution in [2.24, 2.45) is 5.92 Å². The first-order valence-corrected chi connectivity index (χ1v) is 9.15. The van der Waals surface area contributed by atoms with E-state index in [0.29, 0.717) is 32.6 Å². The zero-order chi connectivity index (χ0) is 18.0. The Morgan fingerprint density at radius 3 is 2.80 bits per heavy atom. The summed E-state index contributed by atoms with van der Waals surface area (Å²) in [6.45, 7) is 8.59. The van der Waals surface area contributed by atoms with Gasteiger partial charge in [-0.3, -0.25) is 9.59 Å². The van der Waals surface area contributed by atoms with Crippen molar-refractivity contribution in [2.75, 3.05) is 19.6 Å². The molecular weight excluding hydrogens is 316 g/mol. The molecule has 0 aromatic carbocycles. The second-order valence-electron chi connectivity index (χ2n) is 7.42. The minimum Gasteiger partial charge on any atom is -0.340 e. The van der Waals surface area contributed by atoms with Gasteiger partial charge >= 0.3 is 0 Å². The zero-order valence-corrected chi connectivity index (χ0v) is 15.4. The minimum atomic E-state index is -0.0387. The quantitative estimate of drug-likeness (QED) is 0.768. The van der Waals surface area contributed by atoms with E-state index < -0.39 is 0 Å². The van der Waals surface area contributed by atoms with Crippen LogP contribution in [0.2, 0.25) is 0 Å². The lowest BCUT2D eigenvalue weighted by Crippen LogP contribution is -2.48. The highest BCUT2D eigenvalue weighted by Crippen LogP contribution is 2.29. The van der Waals surface area contributed by atoms with Gasteiger partial charge in [-0.15, -0.1) is 0 Å². The summed E-state index contributed by atoms with van der Waals surface area (Å²) in [4.78, 5) is 33.5. The molecule has 2 amide bonds. The number of carbonyl (C=O) groups excluding carboxylic acids is 2. The molecule has 1 aromatic rings. The van der Waals surface area contributed by atoms with E-state index in [1.165, 1.54) is 5.57 Å². The third-order valence-electron chi connectivity index (χ3n) is 5.33. The number of rotatable bonds is 5. The Labute approximate surface area is 149 Å². The second kappa shape index (κ2) is 7.42. The summed E-state index contributed by atoms with van der Waals surface area (Å²) in [5, 5.41) is 0. The van der Waals surface area contributed by atoms with Crippen molar-refractivity contribution in [3.05, 3.63) is 29.9 Å². The van der Waals surface area contributed by atoms with Crippen molar-refractivity contribution in [3.63, 3.8) is 0 Å². The van der Waals surface area contributed by atoms with Gasteiger partial charge in [-0.2, -0.15) is 0 Å². The SMILES string of the molecule is CC(C)=CCN1C(=O)[C@@H]2CC[C@H]1CN(C(=O)CCn1ccnc1C)C2. The summed E-state index contributed by atoms with van der Waals surface area (Å²) >= 11 is 0. The average molecular weight is 344 g/mol. The van der Waals surface area contributed by atoms with Gasteiger partial charge in [0.1, 0.15) is 5.82 Å². The number of allylic oxidation sites excluding steroid dienone is 1. The van der Waals surface area contributed by atoms with E-state index in [9.17, 15) is 9.59 Å². The summed E-state index contributed by atoms with van der Waals surface area (Å²) in [5.41, 5.74) is 1.22. The maximum Gasteiger partial charge on any atom is 0.228 e. The number of aromatic nitrogens is 2. The number of hydrogen-bond acceptors (Lipinski definition) is 3. The number of hydrogen-bond donors (Lipinski definition) is 0. The van der Waals surface area contributed by atoms with Gasteiger partial charge in [-0.1, -0.05) is 11.6 Å². The van der Waals surface area contributed by atoms with E-state index in [4.69, 9.17) is 0 Å². The van der Waals surface area contributed by atoms with Crippen molar-refractivity contribution in [1.29, 1.82) is 0 Å². The largest absolute Gasteiger partial charge is 0.340 e. The molecule has 3 aliphatic rings. The van der Waals surface area contributed by atoms with Crippen molar-refractivity contribution in [2.45, 2.75) is 52.6 Å². The maximum absolute atomic E-state index is 12.7. The molecule has 25 heavy (non-hydrogen) atoms. The molecule has 1 aromatic heterocycles. The molecule has 0 spiro atoms. The van der Waals surface area contributed by atoms with Crippen LogP contribution in [0.15, 0.2) is 24.0 Å². The highest BCUT2D eigenvalue weighted by molar-refractivity contribution is 5.83. The molecule has 4 rings (SSSR count). The topological polar surface area (TPSA) is 58.4 Å². The predicted molar refractivity (Wildman–Crippen MR) is 95.8 cm³/mol. The third kappa shape index (κ3) is 3.94. The molecule has 0 radical (unpaired) electrons. The Kier molecular flexibility index (Phi) is 5.25. The van der Waals surface area contributed by atoms with E-state index in [-0.39, 0.29) is 23.8 Å². The third-order valence-corrected chi connectivity index (χ3v) is 5.33. The molecule has 0 saturated carbocycles. The van der Waals surface area contributed by atoms with Gasteiger partial charge in [0.15, 0.2) is 0 Å². The van der Waals surface area contributed by atoms with E-state index in [1.54, 1.807) is 6.20 Å². The molecule has 0 unspecified atom stereocenters. The van der Waals surface area contributed by atoms with Crippen molar-refractivity contribution in [1.82, 2.24) is 19.4 Å². The fourth-order valence-electron chi connectivity index (χ4n) is 3.78. The van der Waals surface area contributed by atoms with Gasteiger partial charge in [0.2, 0.25) is 11.8 Å². The summed E-state index contributed by atoms with van der Waals surface area (Å²) in [6, 6.07) is 0.154. The maximum atomic E-state index is 12.7. The van der Waals surface area contributed by atoms with Crippen LogP contribution in [-0.2, 0) is 16.1 Å². The number of piperidine rings is 1. The van der Waals surface area contributed by atoms with E-state index in [2.05, 4.69) is 24.9 Å². The number of aryl methyl sites for hydroxylation is 2. The van der Waals surface area contributed by atoms with Gasteiger partial charge in [0.05, 0.1) is 5.92 Å². The average Bonchev–Trinajstić information content (AvgIpc) is 2.80. The molecular formula is C19H28N4O2. The summed E-state index contributed by atoms with van der Waals surface area (Å²) in [5.74, 6) is 1.24. The number of nitrogens with zero attached hydrogens (tertiary/aromatic N) is 4. The Hall–Kier alpha value is -2.11. The molecule has 3 fully saturated rings. The number of imidazole rings is 1. The number of fused-ring (bicyclic) bond motifs is 4. The van der Waals surface area contributed by atoms with Crippen LogP contribution < -0.4 is 0 Å². The lowest BCUT2D eigenvalue weighted by Gasteiger charge is -2.35. The summed E-state index contributed by atoms with van der Waals surface area (Å²) in [6.07, 6.45) is 8.12. The van der Waals surface area contributed by atoms with Gasteiger partial charge in [-0.05, 0) is 33.6 Å². The van der Waals surface area contributed by atoms with Gasteiger partial charge in [0, 0.05) is 51.0 Å². The highest BCUT2D eigenvalue weighted by atomic mass is 16.2. The molecule has 3 saturated heterocycles. The van der Waals surface area contributed by atoms with Gasteiger partial charge < -0.3 is 14.4 Å². The van der Waals surface area contributed by atoms with Crippen molar-refractivity contribution >= 4 is 11.8 Å². The first-order chi connectivity index (χ1) is 12.0. The van der Waals surface area contributed by atoms with Crippen LogP contribution in [0.4, 0.5) is 0 Å². The Balaban J connectivity index is 1.64. The fraction of sp³-hybridized carbons (Fsp3) is 0.632. The number of carbonyl (C=O) groups is 2. The monoisotopic (exact) mass is 344 g/mol. The molecule has 6 heteroatoms. The van der Waals surface area contributed by atoms with Crippen LogP contribution in [0.3, 0.4) is 0 Å². The van der Waals surface area contributed by atoms with Crippen molar-refractivity contribution < 1.29 is 9.59 Å². The molecule has 6 nitrogen and oxygen atoms in total. The molecule has 136 valence electrons. The van der Waals surface area contributed by atoms with E-state index in [1.807, 2.05) is 27.5 Å². The lowest BCUT2D eigenvalue weighted by molar-refractivity contribution is -0.139. The van der Waals surface area contributed by atoms with Crippen LogP contribution in [0.25, 0.3) is 0 Å². The van der Waals surface area contributed by atoms with E-state index in [0.717, 1.165) is 18.7 Å². The molecule has 0 N–H and O–H groups in total.